The summed E-state index contributed by atoms with van der Waals surface area (Å²) < 4.78 is 0. The van der Waals surface area contributed by atoms with Gasteiger partial charge in [0.1, 0.15) is 0 Å². The summed E-state index contributed by atoms with van der Waals surface area (Å²) in [5.74, 6) is 0. The fourth-order valence-corrected chi connectivity index (χ4v) is 1.21. The highest BCUT2D eigenvalue weighted by molar-refractivity contribution is 5.02. The van der Waals surface area contributed by atoms with Gasteiger partial charge in [0.2, 0.25) is 0 Å². The highest BCUT2D eigenvalue weighted by Gasteiger charge is 2.17. The third-order valence-electron chi connectivity index (χ3n) is 2.81. The second-order valence-electron chi connectivity index (χ2n) is 4.47. The predicted molar refractivity (Wildman–Crippen MR) is 57.4 cm³/mol. The molecule has 0 aliphatic carbocycles. The maximum atomic E-state index is 4.03. The van der Waals surface area contributed by atoms with Gasteiger partial charge < -0.3 is 0 Å². The minimum absolute atomic E-state index is 0.355. The van der Waals surface area contributed by atoms with Crippen LogP contribution in [0.3, 0.4) is 0 Å². The van der Waals surface area contributed by atoms with Crippen LogP contribution >= 0.6 is 0 Å². The molecule has 0 bridgehead atoms. The second-order valence-corrected chi connectivity index (χ2v) is 4.47. The van der Waals surface area contributed by atoms with Crippen LogP contribution in [0.4, 0.5) is 0 Å². The lowest BCUT2D eigenvalue weighted by Crippen LogP contribution is -2.11. The molecule has 0 nitrogen and oxygen atoms in total. The molecular formula is C12H24. The molecular weight excluding hydrogens is 144 g/mol. The molecule has 0 aromatic rings. The van der Waals surface area contributed by atoms with Gasteiger partial charge in [0.25, 0.3) is 0 Å². The molecule has 0 aliphatic rings. The number of unbranched alkanes of at least 4 members (excludes halogenated alkanes) is 3. The highest BCUT2D eigenvalue weighted by Crippen LogP contribution is 2.30. The Balaban J connectivity index is 3.54. The van der Waals surface area contributed by atoms with Gasteiger partial charge >= 0.3 is 0 Å². The minimum Gasteiger partial charge on any atom is -0.0996 e. The van der Waals surface area contributed by atoms with E-state index in [-0.39, 0.29) is 0 Å². The molecule has 0 N–H and O–H groups in total. The quantitative estimate of drug-likeness (QED) is 0.403. The van der Waals surface area contributed by atoms with Crippen molar-refractivity contribution in [1.29, 1.82) is 0 Å². The molecule has 0 unspecified atom stereocenters. The van der Waals surface area contributed by atoms with Gasteiger partial charge in [0.05, 0.1) is 0 Å². The average molecular weight is 168 g/mol. The molecule has 0 atom stereocenters. The molecule has 0 saturated heterocycles. The number of allylic oxidation sites excluding steroid dienone is 1. The van der Waals surface area contributed by atoms with E-state index < -0.39 is 0 Å². The van der Waals surface area contributed by atoms with E-state index in [1.165, 1.54) is 37.7 Å². The summed E-state index contributed by atoms with van der Waals surface area (Å²) in [5, 5.41) is 0. The number of hydrogen-bond acceptors (Lipinski definition) is 0. The number of rotatable bonds is 6. The molecule has 0 spiro atoms. The molecule has 0 aromatic carbocycles. The van der Waals surface area contributed by atoms with E-state index in [0.29, 0.717) is 5.41 Å². The van der Waals surface area contributed by atoms with Crippen LogP contribution in [-0.2, 0) is 0 Å². The van der Waals surface area contributed by atoms with Crippen LogP contribution in [-0.4, -0.2) is 0 Å². The predicted octanol–water partition coefficient (Wildman–Crippen LogP) is 4.56. The van der Waals surface area contributed by atoms with Crippen LogP contribution in [0.1, 0.15) is 59.8 Å². The van der Waals surface area contributed by atoms with Gasteiger partial charge in [-0.1, -0.05) is 58.6 Å². The summed E-state index contributed by atoms with van der Waals surface area (Å²) in [4.78, 5) is 0. The van der Waals surface area contributed by atoms with E-state index in [4.69, 9.17) is 0 Å². The molecule has 0 heteroatoms. The zero-order valence-electron chi connectivity index (χ0n) is 9.24. The molecule has 0 aromatic heterocycles. The average Bonchev–Trinajstić information content (AvgIpc) is 1.98. The van der Waals surface area contributed by atoms with Crippen LogP contribution in [0.5, 0.6) is 0 Å². The van der Waals surface area contributed by atoms with Crippen molar-refractivity contribution in [2.24, 2.45) is 5.41 Å². The van der Waals surface area contributed by atoms with E-state index in [1.807, 2.05) is 0 Å². The summed E-state index contributed by atoms with van der Waals surface area (Å²) >= 11 is 0. The van der Waals surface area contributed by atoms with E-state index in [0.717, 1.165) is 0 Å². The van der Waals surface area contributed by atoms with Gasteiger partial charge in [-0.05, 0) is 18.8 Å². The Kier molecular flexibility index (Phi) is 5.28. The van der Waals surface area contributed by atoms with E-state index in [1.54, 1.807) is 0 Å². The van der Waals surface area contributed by atoms with Crippen molar-refractivity contribution in [3.05, 3.63) is 12.2 Å². The second kappa shape index (κ2) is 5.40. The molecule has 0 rings (SSSR count). The van der Waals surface area contributed by atoms with Gasteiger partial charge in [0.15, 0.2) is 0 Å². The topological polar surface area (TPSA) is 0 Å². The Labute approximate surface area is 78.1 Å². The summed E-state index contributed by atoms with van der Waals surface area (Å²) in [6, 6.07) is 0. The lowest BCUT2D eigenvalue weighted by molar-refractivity contribution is 0.386. The Morgan fingerprint density at radius 2 is 1.75 bits per heavy atom. The van der Waals surface area contributed by atoms with Crippen molar-refractivity contribution in [3.8, 4) is 0 Å². The van der Waals surface area contributed by atoms with Gasteiger partial charge in [-0.3, -0.25) is 0 Å². The molecule has 72 valence electrons. The van der Waals surface area contributed by atoms with E-state index in [2.05, 4.69) is 34.3 Å². The fraction of sp³-hybridized carbons (Fsp3) is 0.833. The Morgan fingerprint density at radius 1 is 1.17 bits per heavy atom. The monoisotopic (exact) mass is 168 g/mol. The normalized spacial score (nSPS) is 11.7. The maximum absolute atomic E-state index is 4.03. The van der Waals surface area contributed by atoms with Crippen molar-refractivity contribution >= 4 is 0 Å². The van der Waals surface area contributed by atoms with Crippen molar-refractivity contribution in [3.63, 3.8) is 0 Å². The lowest BCUT2D eigenvalue weighted by Gasteiger charge is -2.24. The van der Waals surface area contributed by atoms with Crippen molar-refractivity contribution in [1.82, 2.24) is 0 Å². The Bertz CT molecular complexity index is 131. The maximum Gasteiger partial charge on any atom is -0.0150 e. The molecule has 0 amide bonds. The number of hydrogen-bond donors (Lipinski definition) is 0. The summed E-state index contributed by atoms with van der Waals surface area (Å²) in [6.45, 7) is 13.0. The van der Waals surface area contributed by atoms with Gasteiger partial charge in [-0.15, -0.1) is 0 Å². The highest BCUT2D eigenvalue weighted by atomic mass is 14.2. The first-order chi connectivity index (χ1) is 5.50. The molecule has 0 heterocycles. The van der Waals surface area contributed by atoms with Crippen LogP contribution < -0.4 is 0 Å². The lowest BCUT2D eigenvalue weighted by atomic mass is 9.81. The van der Waals surface area contributed by atoms with E-state index in [9.17, 15) is 0 Å². The SMILES string of the molecule is C=C(C)C(C)(C)CCCCCC. The third kappa shape index (κ3) is 4.58. The summed E-state index contributed by atoms with van der Waals surface area (Å²) in [5.41, 5.74) is 1.67. The van der Waals surface area contributed by atoms with Crippen molar-refractivity contribution < 1.29 is 0 Å². The molecule has 0 fully saturated rings. The van der Waals surface area contributed by atoms with Crippen LogP contribution in [0.25, 0.3) is 0 Å². The first kappa shape index (κ1) is 11.7. The summed E-state index contributed by atoms with van der Waals surface area (Å²) in [7, 11) is 0. The van der Waals surface area contributed by atoms with Gasteiger partial charge in [0, 0.05) is 0 Å². The molecule has 0 saturated carbocycles. The summed E-state index contributed by atoms with van der Waals surface area (Å²) in [6.07, 6.45) is 6.74. The largest absolute Gasteiger partial charge is 0.0996 e. The smallest absolute Gasteiger partial charge is 0.0150 e. The van der Waals surface area contributed by atoms with Crippen molar-refractivity contribution in [2.45, 2.75) is 59.8 Å². The Hall–Kier alpha value is -0.260. The van der Waals surface area contributed by atoms with Gasteiger partial charge in [-0.2, -0.15) is 0 Å². The Morgan fingerprint density at radius 3 is 2.17 bits per heavy atom. The first-order valence-electron chi connectivity index (χ1n) is 5.16. The first-order valence-corrected chi connectivity index (χ1v) is 5.16. The fourth-order valence-electron chi connectivity index (χ4n) is 1.21. The molecule has 0 aliphatic heterocycles. The standard InChI is InChI=1S/C12H24/c1-6-7-8-9-10-12(4,5)11(2)3/h2,6-10H2,1,3-5H3. The molecule has 0 radical (unpaired) electrons. The van der Waals surface area contributed by atoms with Crippen LogP contribution in [0.2, 0.25) is 0 Å². The van der Waals surface area contributed by atoms with Crippen molar-refractivity contribution in [2.75, 3.05) is 0 Å². The minimum atomic E-state index is 0.355. The zero-order chi connectivity index (χ0) is 9.61. The van der Waals surface area contributed by atoms with E-state index >= 15 is 0 Å². The molecule has 12 heavy (non-hydrogen) atoms. The van der Waals surface area contributed by atoms with Crippen LogP contribution in [0, 0.1) is 5.41 Å². The van der Waals surface area contributed by atoms with Gasteiger partial charge in [-0.25, -0.2) is 0 Å². The van der Waals surface area contributed by atoms with Crippen LogP contribution in [0.15, 0.2) is 12.2 Å². The zero-order valence-corrected chi connectivity index (χ0v) is 9.24. The third-order valence-corrected chi connectivity index (χ3v) is 2.81.